The Balaban J connectivity index is 2.89. The molecule has 0 aliphatic heterocycles. The molecule has 0 aliphatic carbocycles. The van der Waals surface area contributed by atoms with Crippen molar-refractivity contribution in [1.82, 2.24) is 4.98 Å². The van der Waals surface area contributed by atoms with E-state index in [0.717, 1.165) is 5.56 Å². The van der Waals surface area contributed by atoms with Crippen LogP contribution >= 0.6 is 0 Å². The van der Waals surface area contributed by atoms with Crippen LogP contribution in [0.25, 0.3) is 0 Å². The second kappa shape index (κ2) is 3.32. The van der Waals surface area contributed by atoms with E-state index in [1.807, 2.05) is 6.92 Å². The van der Waals surface area contributed by atoms with E-state index in [1.54, 1.807) is 18.3 Å². The lowest BCUT2D eigenvalue weighted by atomic mass is 10.2. The number of rotatable bonds is 2. The van der Waals surface area contributed by atoms with Crippen LogP contribution in [0.5, 0.6) is 0 Å². The topological polar surface area (TPSA) is 76.2 Å². The third-order valence-electron chi connectivity index (χ3n) is 1.52. The second-order valence-corrected chi connectivity index (χ2v) is 2.58. The minimum absolute atomic E-state index is 0.383. The molecule has 1 unspecified atom stereocenters. The fourth-order valence-electron chi connectivity index (χ4n) is 0.790. The van der Waals surface area contributed by atoms with Gasteiger partial charge in [0.1, 0.15) is 6.04 Å². The number of nitrogens with zero attached hydrogens (tertiary/aromatic N) is 1. The van der Waals surface area contributed by atoms with Gasteiger partial charge < -0.3 is 10.8 Å². The van der Waals surface area contributed by atoms with Gasteiger partial charge in [-0.1, -0.05) is 6.07 Å². The first-order valence-electron chi connectivity index (χ1n) is 3.52. The van der Waals surface area contributed by atoms with Crippen LogP contribution in [0, 0.1) is 6.92 Å². The van der Waals surface area contributed by atoms with Crippen LogP contribution in [0.3, 0.4) is 0 Å². The van der Waals surface area contributed by atoms with Crippen molar-refractivity contribution in [3.05, 3.63) is 29.6 Å². The number of hydrogen-bond donors (Lipinski definition) is 2. The molecule has 64 valence electrons. The number of hydrogen-bond acceptors (Lipinski definition) is 3. The fraction of sp³-hybridized carbons (Fsp3) is 0.250. The molecule has 0 amide bonds. The molecule has 0 radical (unpaired) electrons. The van der Waals surface area contributed by atoms with Gasteiger partial charge in [0.15, 0.2) is 0 Å². The Bertz CT molecular complexity index is 282. The van der Waals surface area contributed by atoms with Crippen molar-refractivity contribution >= 4 is 5.97 Å². The summed E-state index contributed by atoms with van der Waals surface area (Å²) in [4.78, 5) is 14.3. The molecule has 3 N–H and O–H groups in total. The van der Waals surface area contributed by atoms with Crippen molar-refractivity contribution in [3.8, 4) is 0 Å². The highest BCUT2D eigenvalue weighted by molar-refractivity contribution is 5.74. The molecule has 1 aromatic heterocycles. The lowest BCUT2D eigenvalue weighted by molar-refractivity contribution is -0.138. The molecular formula is C8H10N2O2. The molecule has 0 bridgehead atoms. The van der Waals surface area contributed by atoms with E-state index in [2.05, 4.69) is 4.98 Å². The van der Waals surface area contributed by atoms with Gasteiger partial charge in [-0.3, -0.25) is 9.78 Å². The van der Waals surface area contributed by atoms with E-state index >= 15 is 0 Å². The summed E-state index contributed by atoms with van der Waals surface area (Å²) in [5.74, 6) is -1.06. The minimum atomic E-state index is -1.06. The lowest BCUT2D eigenvalue weighted by Gasteiger charge is -2.04. The molecule has 0 aromatic carbocycles. The monoisotopic (exact) mass is 166 g/mol. The highest BCUT2D eigenvalue weighted by atomic mass is 16.4. The predicted molar refractivity (Wildman–Crippen MR) is 43.5 cm³/mol. The molecule has 0 fully saturated rings. The highest BCUT2D eigenvalue weighted by Crippen LogP contribution is 2.07. The zero-order chi connectivity index (χ0) is 9.14. The number of aryl methyl sites for hydroxylation is 1. The number of nitrogens with two attached hydrogens (primary N) is 1. The van der Waals surface area contributed by atoms with Crippen molar-refractivity contribution in [2.24, 2.45) is 5.73 Å². The summed E-state index contributed by atoms with van der Waals surface area (Å²) < 4.78 is 0. The minimum Gasteiger partial charge on any atom is -0.480 e. The standard InChI is InChI=1S/C8H10N2O2/c1-5-2-3-6(10-4-5)7(9)8(11)12/h2-4,7H,9H2,1H3,(H,11,12). The predicted octanol–water partition coefficient (Wildman–Crippen LogP) is 0.474. The van der Waals surface area contributed by atoms with Gasteiger partial charge in [-0.15, -0.1) is 0 Å². The summed E-state index contributed by atoms with van der Waals surface area (Å²) in [6.45, 7) is 1.88. The Morgan fingerprint density at radius 2 is 2.33 bits per heavy atom. The van der Waals surface area contributed by atoms with Crippen molar-refractivity contribution in [2.75, 3.05) is 0 Å². The first-order chi connectivity index (χ1) is 5.61. The number of carbonyl (C=O) groups is 1. The molecule has 4 nitrogen and oxygen atoms in total. The first-order valence-corrected chi connectivity index (χ1v) is 3.52. The van der Waals surface area contributed by atoms with Gasteiger partial charge in [-0.25, -0.2) is 0 Å². The van der Waals surface area contributed by atoms with Crippen LogP contribution in [-0.4, -0.2) is 16.1 Å². The number of pyridine rings is 1. The summed E-state index contributed by atoms with van der Waals surface area (Å²) in [6, 6.07) is 2.38. The van der Waals surface area contributed by atoms with E-state index in [9.17, 15) is 4.79 Å². The fourth-order valence-corrected chi connectivity index (χ4v) is 0.790. The van der Waals surface area contributed by atoms with Gasteiger partial charge >= 0.3 is 5.97 Å². The van der Waals surface area contributed by atoms with Crippen LogP contribution in [0.15, 0.2) is 18.3 Å². The maximum absolute atomic E-state index is 10.4. The maximum Gasteiger partial charge on any atom is 0.326 e. The van der Waals surface area contributed by atoms with E-state index in [-0.39, 0.29) is 0 Å². The van der Waals surface area contributed by atoms with Gasteiger partial charge in [-0.2, -0.15) is 0 Å². The summed E-state index contributed by atoms with van der Waals surface area (Å²) in [6.07, 6.45) is 1.60. The number of carboxylic acids is 1. The summed E-state index contributed by atoms with van der Waals surface area (Å²) >= 11 is 0. The van der Waals surface area contributed by atoms with Crippen LogP contribution in [0.1, 0.15) is 17.3 Å². The van der Waals surface area contributed by atoms with E-state index < -0.39 is 12.0 Å². The van der Waals surface area contributed by atoms with Crippen molar-refractivity contribution in [2.45, 2.75) is 13.0 Å². The molecule has 1 rings (SSSR count). The molecular weight excluding hydrogens is 156 g/mol. The van der Waals surface area contributed by atoms with Crippen molar-refractivity contribution in [1.29, 1.82) is 0 Å². The normalized spacial score (nSPS) is 12.5. The third kappa shape index (κ3) is 1.79. The highest BCUT2D eigenvalue weighted by Gasteiger charge is 2.14. The van der Waals surface area contributed by atoms with Gasteiger partial charge in [-0.05, 0) is 18.6 Å². The second-order valence-electron chi connectivity index (χ2n) is 2.58. The number of aromatic nitrogens is 1. The third-order valence-corrected chi connectivity index (χ3v) is 1.52. The summed E-state index contributed by atoms with van der Waals surface area (Å²) in [5, 5.41) is 8.54. The van der Waals surface area contributed by atoms with Crippen LogP contribution in [0.2, 0.25) is 0 Å². The average Bonchev–Trinajstić information content (AvgIpc) is 2.04. The largest absolute Gasteiger partial charge is 0.480 e. The number of aliphatic carboxylic acids is 1. The Kier molecular flexibility index (Phi) is 2.40. The van der Waals surface area contributed by atoms with Crippen LogP contribution in [0.4, 0.5) is 0 Å². The molecule has 0 aliphatic rings. The molecule has 1 heterocycles. The lowest BCUT2D eigenvalue weighted by Crippen LogP contribution is -2.21. The Hall–Kier alpha value is -1.42. The maximum atomic E-state index is 10.4. The molecule has 12 heavy (non-hydrogen) atoms. The van der Waals surface area contributed by atoms with E-state index in [4.69, 9.17) is 10.8 Å². The molecule has 4 heteroatoms. The van der Waals surface area contributed by atoms with Gasteiger partial charge in [0.25, 0.3) is 0 Å². The molecule has 0 spiro atoms. The first kappa shape index (κ1) is 8.67. The van der Waals surface area contributed by atoms with Crippen molar-refractivity contribution in [3.63, 3.8) is 0 Å². The Morgan fingerprint density at radius 3 is 2.75 bits per heavy atom. The molecule has 0 saturated carbocycles. The summed E-state index contributed by atoms with van der Waals surface area (Å²) in [5.41, 5.74) is 6.69. The Morgan fingerprint density at radius 1 is 1.67 bits per heavy atom. The molecule has 0 saturated heterocycles. The summed E-state index contributed by atoms with van der Waals surface area (Å²) in [7, 11) is 0. The van der Waals surface area contributed by atoms with Gasteiger partial charge in [0.05, 0.1) is 5.69 Å². The zero-order valence-corrected chi connectivity index (χ0v) is 6.69. The number of carboxylic acid groups (broad SMARTS) is 1. The zero-order valence-electron chi connectivity index (χ0n) is 6.69. The van der Waals surface area contributed by atoms with E-state index in [1.165, 1.54) is 0 Å². The Labute approximate surface area is 70.0 Å². The molecule has 1 aromatic rings. The van der Waals surface area contributed by atoms with Crippen molar-refractivity contribution < 1.29 is 9.90 Å². The smallest absolute Gasteiger partial charge is 0.326 e. The molecule has 1 atom stereocenters. The average molecular weight is 166 g/mol. The van der Waals surface area contributed by atoms with Crippen LogP contribution in [-0.2, 0) is 4.79 Å². The quantitative estimate of drug-likeness (QED) is 0.669. The SMILES string of the molecule is Cc1ccc(C(N)C(=O)O)nc1. The van der Waals surface area contributed by atoms with Gasteiger partial charge in [0.2, 0.25) is 0 Å². The van der Waals surface area contributed by atoms with Gasteiger partial charge in [0, 0.05) is 6.20 Å². The van der Waals surface area contributed by atoms with E-state index in [0.29, 0.717) is 5.69 Å². The van der Waals surface area contributed by atoms with Crippen LogP contribution < -0.4 is 5.73 Å².